The Balaban J connectivity index is 1.85. The quantitative estimate of drug-likeness (QED) is 0.514. The molecule has 4 aromatic rings. The van der Waals surface area contributed by atoms with E-state index in [1.807, 2.05) is 24.3 Å². The van der Waals surface area contributed by atoms with E-state index in [0.29, 0.717) is 21.7 Å². The van der Waals surface area contributed by atoms with Gasteiger partial charge in [0.15, 0.2) is 0 Å². The first-order chi connectivity index (χ1) is 12.0. The largest absolute Gasteiger partial charge is 0.464 e. The zero-order valence-corrected chi connectivity index (χ0v) is 15.0. The van der Waals surface area contributed by atoms with Crippen LogP contribution in [0.4, 0.5) is 0 Å². The summed E-state index contributed by atoms with van der Waals surface area (Å²) in [4.78, 5) is 0.611. The van der Waals surface area contributed by atoms with E-state index < -0.39 is 10.8 Å². The van der Waals surface area contributed by atoms with E-state index in [9.17, 15) is 4.21 Å². The van der Waals surface area contributed by atoms with Gasteiger partial charge in [0.25, 0.3) is 0 Å². The third-order valence-corrected chi connectivity index (χ3v) is 5.30. The van der Waals surface area contributed by atoms with Crippen LogP contribution < -0.4 is 0 Å². The van der Waals surface area contributed by atoms with Gasteiger partial charge in [-0.3, -0.25) is 4.21 Å². The van der Waals surface area contributed by atoms with Crippen molar-refractivity contribution in [2.45, 2.75) is 11.8 Å². The summed E-state index contributed by atoms with van der Waals surface area (Å²) in [6.07, 6.45) is 3.29. The second-order valence-electron chi connectivity index (χ2n) is 5.59. The summed E-state index contributed by atoms with van der Waals surface area (Å²) >= 11 is 6.27. The number of aromatic nitrogens is 2. The van der Waals surface area contributed by atoms with Crippen molar-refractivity contribution in [1.82, 2.24) is 10.2 Å². The minimum Gasteiger partial charge on any atom is -0.464 e. The van der Waals surface area contributed by atoms with Gasteiger partial charge in [-0.1, -0.05) is 17.7 Å². The highest BCUT2D eigenvalue weighted by molar-refractivity contribution is 7.84. The molecule has 2 heterocycles. The highest BCUT2D eigenvalue weighted by atomic mass is 35.5. The fourth-order valence-electron chi connectivity index (χ4n) is 2.70. The number of hydrogen-bond acceptors (Lipinski definition) is 5. The summed E-state index contributed by atoms with van der Waals surface area (Å²) in [6, 6.07) is 11.1. The molecule has 0 N–H and O–H groups in total. The van der Waals surface area contributed by atoms with E-state index in [0.717, 1.165) is 27.7 Å². The van der Waals surface area contributed by atoms with Crippen molar-refractivity contribution in [1.29, 1.82) is 0 Å². The van der Waals surface area contributed by atoms with Crippen LogP contribution in [-0.2, 0) is 10.8 Å². The Hall–Kier alpha value is -2.44. The number of benzene rings is 2. The topological polar surface area (TPSA) is 69.1 Å². The normalized spacial score (nSPS) is 12.6. The number of furan rings is 1. The number of fused-ring (bicyclic) bond motifs is 1. The second kappa shape index (κ2) is 6.13. The molecule has 0 fully saturated rings. The molecule has 1 atom stereocenters. The number of hydrogen-bond donors (Lipinski definition) is 0. The third-order valence-electron chi connectivity index (χ3n) is 3.90. The van der Waals surface area contributed by atoms with Crippen molar-refractivity contribution in [3.8, 4) is 22.6 Å². The molecule has 0 spiro atoms. The molecular formula is C18H13ClN2O3S. The Morgan fingerprint density at radius 1 is 1.08 bits per heavy atom. The number of rotatable bonds is 3. The van der Waals surface area contributed by atoms with Crippen molar-refractivity contribution in [2.24, 2.45) is 0 Å². The number of nitrogens with zero attached hydrogens (tertiary/aromatic N) is 2. The van der Waals surface area contributed by atoms with Crippen LogP contribution in [-0.4, -0.2) is 20.7 Å². The van der Waals surface area contributed by atoms with Gasteiger partial charge in [-0.2, -0.15) is 0 Å². The molecule has 0 amide bonds. The first-order valence-corrected chi connectivity index (χ1v) is 9.41. The van der Waals surface area contributed by atoms with Crippen LogP contribution in [0.5, 0.6) is 0 Å². The lowest BCUT2D eigenvalue weighted by molar-refractivity contribution is 0.533. The van der Waals surface area contributed by atoms with Gasteiger partial charge in [-0.15, -0.1) is 10.2 Å². The standard InChI is InChI=1S/C18H13ClN2O3S/c1-10-20-21-18(24-10)12-3-5-16-13(7-12)14(9-23-16)11-4-6-17(25(2)22)15(19)8-11/h3-9H,1-2H3. The Kier molecular flexibility index (Phi) is 3.94. The lowest BCUT2D eigenvalue weighted by Gasteiger charge is -2.04. The van der Waals surface area contributed by atoms with Crippen LogP contribution in [0.3, 0.4) is 0 Å². The van der Waals surface area contributed by atoms with Gasteiger partial charge in [0.05, 0.1) is 27.0 Å². The molecule has 2 aromatic carbocycles. The average molecular weight is 373 g/mol. The highest BCUT2D eigenvalue weighted by Gasteiger charge is 2.14. The molecule has 0 bridgehead atoms. The molecule has 7 heteroatoms. The van der Waals surface area contributed by atoms with E-state index in [4.69, 9.17) is 20.4 Å². The molecule has 0 saturated carbocycles. The Morgan fingerprint density at radius 2 is 1.88 bits per heavy atom. The van der Waals surface area contributed by atoms with Crippen LogP contribution in [0.15, 0.2) is 56.4 Å². The van der Waals surface area contributed by atoms with Crippen LogP contribution in [0, 0.1) is 6.92 Å². The maximum Gasteiger partial charge on any atom is 0.247 e. The summed E-state index contributed by atoms with van der Waals surface area (Å²) in [5.74, 6) is 0.971. The summed E-state index contributed by atoms with van der Waals surface area (Å²) in [7, 11) is -1.13. The predicted octanol–water partition coefficient (Wildman–Crippen LogP) is 4.85. The van der Waals surface area contributed by atoms with Gasteiger partial charge in [0.2, 0.25) is 11.8 Å². The van der Waals surface area contributed by atoms with Gasteiger partial charge < -0.3 is 8.83 Å². The van der Waals surface area contributed by atoms with Crippen molar-refractivity contribution in [3.05, 3.63) is 53.6 Å². The van der Waals surface area contributed by atoms with Gasteiger partial charge in [-0.05, 0) is 35.9 Å². The van der Waals surface area contributed by atoms with Gasteiger partial charge in [0.1, 0.15) is 5.58 Å². The molecule has 126 valence electrons. The zero-order valence-electron chi connectivity index (χ0n) is 13.4. The third kappa shape index (κ3) is 2.88. The minimum absolute atomic E-state index is 0.460. The average Bonchev–Trinajstić information content (AvgIpc) is 3.20. The summed E-state index contributed by atoms with van der Waals surface area (Å²) in [5, 5.41) is 9.30. The SMILES string of the molecule is Cc1nnc(-c2ccc3occ(-c4ccc(S(C)=O)c(Cl)c4)c3c2)o1. The minimum atomic E-state index is -1.13. The van der Waals surface area contributed by atoms with Gasteiger partial charge in [0, 0.05) is 29.7 Å². The van der Waals surface area contributed by atoms with Crippen LogP contribution in [0.25, 0.3) is 33.6 Å². The molecule has 1 unspecified atom stereocenters. The Bertz CT molecular complexity index is 1120. The van der Waals surface area contributed by atoms with Gasteiger partial charge >= 0.3 is 0 Å². The smallest absolute Gasteiger partial charge is 0.247 e. The van der Waals surface area contributed by atoms with Crippen LogP contribution in [0.1, 0.15) is 5.89 Å². The van der Waals surface area contributed by atoms with E-state index in [-0.39, 0.29) is 0 Å². The first-order valence-electron chi connectivity index (χ1n) is 7.48. The lowest BCUT2D eigenvalue weighted by atomic mass is 10.0. The van der Waals surface area contributed by atoms with Crippen LogP contribution in [0.2, 0.25) is 5.02 Å². The van der Waals surface area contributed by atoms with Crippen LogP contribution >= 0.6 is 11.6 Å². The van der Waals surface area contributed by atoms with Crippen molar-refractivity contribution in [2.75, 3.05) is 6.26 Å². The Morgan fingerprint density at radius 3 is 2.56 bits per heavy atom. The summed E-state index contributed by atoms with van der Waals surface area (Å²) < 4.78 is 22.8. The molecule has 5 nitrogen and oxygen atoms in total. The fraction of sp³-hybridized carbons (Fsp3) is 0.111. The molecule has 25 heavy (non-hydrogen) atoms. The zero-order chi connectivity index (χ0) is 17.6. The molecule has 0 radical (unpaired) electrons. The number of aryl methyl sites for hydroxylation is 1. The maximum atomic E-state index is 11.7. The van der Waals surface area contributed by atoms with E-state index >= 15 is 0 Å². The number of halogens is 1. The van der Waals surface area contributed by atoms with Crippen molar-refractivity contribution >= 4 is 33.4 Å². The molecule has 2 aromatic heterocycles. The molecule has 4 rings (SSSR count). The maximum absolute atomic E-state index is 11.7. The second-order valence-corrected chi connectivity index (χ2v) is 7.34. The van der Waals surface area contributed by atoms with Crippen molar-refractivity contribution < 1.29 is 13.0 Å². The van der Waals surface area contributed by atoms with E-state index in [1.54, 1.807) is 31.6 Å². The first kappa shape index (κ1) is 16.1. The Labute approximate surface area is 151 Å². The lowest BCUT2D eigenvalue weighted by Crippen LogP contribution is -1.89. The molecule has 0 aliphatic carbocycles. The monoisotopic (exact) mass is 372 g/mol. The molecule has 0 aliphatic heterocycles. The summed E-state index contributed by atoms with van der Waals surface area (Å²) in [5.41, 5.74) is 3.34. The van der Waals surface area contributed by atoms with Gasteiger partial charge in [-0.25, -0.2) is 0 Å². The molecular weight excluding hydrogens is 360 g/mol. The summed E-state index contributed by atoms with van der Waals surface area (Å²) in [6.45, 7) is 1.75. The molecule has 0 saturated heterocycles. The van der Waals surface area contributed by atoms with E-state index in [2.05, 4.69) is 10.2 Å². The van der Waals surface area contributed by atoms with E-state index in [1.165, 1.54) is 0 Å². The highest BCUT2D eigenvalue weighted by Crippen LogP contribution is 2.35. The predicted molar refractivity (Wildman–Crippen MR) is 97.0 cm³/mol. The molecule has 0 aliphatic rings. The fourth-order valence-corrected chi connectivity index (χ4v) is 3.80. The van der Waals surface area contributed by atoms with Crippen molar-refractivity contribution in [3.63, 3.8) is 0 Å².